The minimum absolute atomic E-state index is 0.270. The molecule has 4 rings (SSSR count). The van der Waals surface area contributed by atoms with Gasteiger partial charge in [-0.1, -0.05) is 12.8 Å². The zero-order valence-corrected chi connectivity index (χ0v) is 12.6. The van der Waals surface area contributed by atoms with Crippen molar-refractivity contribution in [3.8, 4) is 11.4 Å². The molecule has 0 atom stereocenters. The topological polar surface area (TPSA) is 68.0 Å². The van der Waals surface area contributed by atoms with Crippen LogP contribution in [0.25, 0.3) is 22.4 Å². The Balaban J connectivity index is 1.96. The van der Waals surface area contributed by atoms with E-state index in [1.165, 1.54) is 12.8 Å². The number of nitrogens with zero attached hydrogens (tertiary/aromatic N) is 3. The molecule has 5 heteroatoms. The monoisotopic (exact) mass is 307 g/mol. The first-order valence-electron chi connectivity index (χ1n) is 7.90. The zero-order chi connectivity index (χ0) is 15.8. The zero-order valence-electron chi connectivity index (χ0n) is 12.6. The third-order valence-electron chi connectivity index (χ3n) is 4.55. The van der Waals surface area contributed by atoms with Crippen LogP contribution >= 0.6 is 0 Å². The number of carboxylic acids is 1. The van der Waals surface area contributed by atoms with Gasteiger partial charge in [-0.2, -0.15) is 0 Å². The van der Waals surface area contributed by atoms with Crippen LogP contribution in [0.4, 0.5) is 0 Å². The molecule has 3 aromatic rings. The van der Waals surface area contributed by atoms with Crippen molar-refractivity contribution in [2.24, 2.45) is 0 Å². The minimum Gasteiger partial charge on any atom is -0.478 e. The molecule has 1 aliphatic carbocycles. The van der Waals surface area contributed by atoms with Crippen molar-refractivity contribution in [1.82, 2.24) is 14.5 Å². The molecule has 0 saturated heterocycles. The Bertz CT molecular complexity index is 865. The molecule has 1 N–H and O–H groups in total. The number of rotatable bonds is 3. The van der Waals surface area contributed by atoms with Gasteiger partial charge in [0.2, 0.25) is 0 Å². The van der Waals surface area contributed by atoms with Gasteiger partial charge in [0.25, 0.3) is 0 Å². The fraction of sp³-hybridized carbons (Fsp3) is 0.278. The van der Waals surface area contributed by atoms with E-state index in [0.717, 1.165) is 35.3 Å². The molecule has 23 heavy (non-hydrogen) atoms. The Morgan fingerprint density at radius 3 is 2.74 bits per heavy atom. The SMILES string of the molecule is O=C(O)c1ccc2c(c1)nc(-c1cccnc1)n2C1CCCC1. The second-order valence-corrected chi connectivity index (χ2v) is 5.99. The lowest BCUT2D eigenvalue weighted by atomic mass is 10.1. The molecule has 1 fully saturated rings. The van der Waals surface area contributed by atoms with E-state index in [0.29, 0.717) is 6.04 Å². The molecular formula is C18H17N3O2. The van der Waals surface area contributed by atoms with Gasteiger partial charge in [-0.3, -0.25) is 4.98 Å². The number of fused-ring (bicyclic) bond motifs is 1. The predicted octanol–water partition coefficient (Wildman–Crippen LogP) is 3.91. The highest BCUT2D eigenvalue weighted by atomic mass is 16.4. The van der Waals surface area contributed by atoms with Crippen molar-refractivity contribution in [3.63, 3.8) is 0 Å². The maximum absolute atomic E-state index is 11.2. The summed E-state index contributed by atoms with van der Waals surface area (Å²) in [6, 6.07) is 9.51. The lowest BCUT2D eigenvalue weighted by Gasteiger charge is -2.16. The first-order chi connectivity index (χ1) is 11.2. The lowest BCUT2D eigenvalue weighted by molar-refractivity contribution is 0.0697. The van der Waals surface area contributed by atoms with Gasteiger partial charge in [0.05, 0.1) is 16.6 Å². The van der Waals surface area contributed by atoms with Gasteiger partial charge in [0, 0.05) is 24.0 Å². The molecule has 2 heterocycles. The van der Waals surface area contributed by atoms with Crippen molar-refractivity contribution < 1.29 is 9.90 Å². The normalized spacial score (nSPS) is 15.3. The molecule has 1 saturated carbocycles. The maximum atomic E-state index is 11.2. The first-order valence-corrected chi connectivity index (χ1v) is 7.90. The smallest absolute Gasteiger partial charge is 0.335 e. The highest BCUT2D eigenvalue weighted by Gasteiger charge is 2.23. The van der Waals surface area contributed by atoms with Crippen LogP contribution in [0.15, 0.2) is 42.7 Å². The summed E-state index contributed by atoms with van der Waals surface area (Å²) in [4.78, 5) is 20.1. The molecule has 0 unspecified atom stereocenters. The molecular weight excluding hydrogens is 290 g/mol. The summed E-state index contributed by atoms with van der Waals surface area (Å²) in [6.45, 7) is 0. The minimum atomic E-state index is -0.926. The van der Waals surface area contributed by atoms with Gasteiger partial charge >= 0.3 is 5.97 Å². The third-order valence-corrected chi connectivity index (χ3v) is 4.55. The van der Waals surface area contributed by atoms with Gasteiger partial charge in [-0.15, -0.1) is 0 Å². The molecule has 1 aliphatic rings. The number of imidazole rings is 1. The number of aromatic nitrogens is 3. The predicted molar refractivity (Wildman–Crippen MR) is 87.4 cm³/mol. The Morgan fingerprint density at radius 2 is 2.04 bits per heavy atom. The molecule has 0 radical (unpaired) electrons. The van der Waals surface area contributed by atoms with Crippen molar-refractivity contribution in [2.75, 3.05) is 0 Å². The Labute approximate surface area is 133 Å². The summed E-state index contributed by atoms with van der Waals surface area (Å²) in [5, 5.41) is 9.20. The summed E-state index contributed by atoms with van der Waals surface area (Å²) in [5.41, 5.74) is 2.97. The molecule has 0 spiro atoms. The molecule has 2 aromatic heterocycles. The van der Waals surface area contributed by atoms with Crippen LogP contribution in [0.3, 0.4) is 0 Å². The number of carbonyl (C=O) groups is 1. The lowest BCUT2D eigenvalue weighted by Crippen LogP contribution is -2.06. The van der Waals surface area contributed by atoms with Crippen molar-refractivity contribution in [1.29, 1.82) is 0 Å². The second-order valence-electron chi connectivity index (χ2n) is 5.99. The van der Waals surface area contributed by atoms with E-state index in [4.69, 9.17) is 4.98 Å². The summed E-state index contributed by atoms with van der Waals surface area (Å²) >= 11 is 0. The number of aromatic carboxylic acids is 1. The summed E-state index contributed by atoms with van der Waals surface area (Å²) in [7, 11) is 0. The van der Waals surface area contributed by atoms with Crippen LogP contribution in [-0.2, 0) is 0 Å². The standard InChI is InChI=1S/C18H17N3O2/c22-18(23)12-7-8-16-15(10-12)20-17(13-4-3-9-19-11-13)21(16)14-5-1-2-6-14/h3-4,7-11,14H,1-2,5-6H2,(H,22,23). The van der Waals surface area contributed by atoms with E-state index >= 15 is 0 Å². The van der Waals surface area contributed by atoms with E-state index < -0.39 is 5.97 Å². The van der Waals surface area contributed by atoms with Crippen LogP contribution in [0.2, 0.25) is 0 Å². The summed E-state index contributed by atoms with van der Waals surface area (Å²) in [5.74, 6) is -0.0483. The van der Waals surface area contributed by atoms with Gasteiger partial charge in [-0.25, -0.2) is 9.78 Å². The quantitative estimate of drug-likeness (QED) is 0.796. The Kier molecular flexibility index (Phi) is 3.33. The van der Waals surface area contributed by atoms with Crippen LogP contribution in [0.1, 0.15) is 42.1 Å². The molecule has 116 valence electrons. The van der Waals surface area contributed by atoms with Crippen molar-refractivity contribution in [2.45, 2.75) is 31.7 Å². The average molecular weight is 307 g/mol. The van der Waals surface area contributed by atoms with Crippen molar-refractivity contribution >= 4 is 17.0 Å². The molecule has 1 aromatic carbocycles. The fourth-order valence-corrected chi connectivity index (χ4v) is 3.46. The highest BCUT2D eigenvalue weighted by molar-refractivity contribution is 5.93. The number of pyridine rings is 1. The largest absolute Gasteiger partial charge is 0.478 e. The van der Waals surface area contributed by atoms with E-state index in [9.17, 15) is 9.90 Å². The Morgan fingerprint density at radius 1 is 1.22 bits per heavy atom. The number of benzene rings is 1. The molecule has 0 aliphatic heterocycles. The van der Waals surface area contributed by atoms with E-state index in [1.807, 2.05) is 24.4 Å². The van der Waals surface area contributed by atoms with Crippen molar-refractivity contribution in [3.05, 3.63) is 48.3 Å². The van der Waals surface area contributed by atoms with Gasteiger partial charge < -0.3 is 9.67 Å². The van der Waals surface area contributed by atoms with E-state index in [1.54, 1.807) is 18.3 Å². The van der Waals surface area contributed by atoms with Crippen LogP contribution in [0, 0.1) is 0 Å². The van der Waals surface area contributed by atoms with Gasteiger partial charge in [0.1, 0.15) is 5.82 Å². The van der Waals surface area contributed by atoms with Crippen LogP contribution in [0.5, 0.6) is 0 Å². The van der Waals surface area contributed by atoms with Crippen LogP contribution in [-0.4, -0.2) is 25.6 Å². The van der Waals surface area contributed by atoms with Gasteiger partial charge in [-0.05, 0) is 43.2 Å². The van der Waals surface area contributed by atoms with E-state index in [2.05, 4.69) is 9.55 Å². The highest BCUT2D eigenvalue weighted by Crippen LogP contribution is 2.36. The van der Waals surface area contributed by atoms with Gasteiger partial charge in [0.15, 0.2) is 0 Å². The first kappa shape index (κ1) is 13.9. The summed E-state index contributed by atoms with van der Waals surface area (Å²) in [6.07, 6.45) is 8.28. The maximum Gasteiger partial charge on any atom is 0.335 e. The molecule has 0 bridgehead atoms. The molecule has 0 amide bonds. The Hall–Kier alpha value is -2.69. The third kappa shape index (κ3) is 2.38. The van der Waals surface area contributed by atoms with E-state index in [-0.39, 0.29) is 5.56 Å². The second kappa shape index (κ2) is 5.50. The summed E-state index contributed by atoms with van der Waals surface area (Å²) < 4.78 is 2.27. The number of carboxylic acid groups (broad SMARTS) is 1. The number of hydrogen-bond donors (Lipinski definition) is 1. The van der Waals surface area contributed by atoms with Crippen LogP contribution < -0.4 is 0 Å². The number of hydrogen-bond acceptors (Lipinski definition) is 3. The fourth-order valence-electron chi connectivity index (χ4n) is 3.46. The molecule has 5 nitrogen and oxygen atoms in total. The average Bonchev–Trinajstić information content (AvgIpc) is 3.21.